The fraction of sp³-hybridized carbons (Fsp3) is 0.389. The first-order chi connectivity index (χ1) is 12.3. The van der Waals surface area contributed by atoms with Crippen LogP contribution in [0.4, 0.5) is 0 Å². The van der Waals surface area contributed by atoms with Crippen LogP contribution in [-0.4, -0.2) is 41.6 Å². The lowest BCUT2D eigenvalue weighted by molar-refractivity contribution is 0.145. The standard InChI is InChI=1S/C18H22N6O/c25-18-8-14(10-23-6-5-19-12-23)7-16(18)21-9-15-3-1-2-4-17(15)24-13-20-11-22-24/h1-6,11-14,16,18,21,25H,7-10H2/t14?,16-,18-/m1/s1. The summed E-state index contributed by atoms with van der Waals surface area (Å²) in [5, 5.41) is 18.1. The number of rotatable bonds is 6. The van der Waals surface area contributed by atoms with Gasteiger partial charge in [0.1, 0.15) is 12.7 Å². The predicted octanol–water partition coefficient (Wildman–Crippen LogP) is 1.39. The SMILES string of the molecule is O[C@@H]1CC(Cn2ccnc2)C[C@H]1NCc1ccccc1-n1cncn1. The van der Waals surface area contributed by atoms with Crippen molar-refractivity contribution in [2.24, 2.45) is 5.92 Å². The molecule has 0 radical (unpaired) electrons. The number of nitrogens with zero attached hydrogens (tertiary/aromatic N) is 5. The summed E-state index contributed by atoms with van der Waals surface area (Å²) < 4.78 is 3.85. The van der Waals surface area contributed by atoms with Gasteiger partial charge in [0.15, 0.2) is 0 Å². The topological polar surface area (TPSA) is 80.8 Å². The van der Waals surface area contributed by atoms with Gasteiger partial charge in [-0.1, -0.05) is 18.2 Å². The first-order valence-electron chi connectivity index (χ1n) is 8.59. The Morgan fingerprint density at radius 2 is 2.08 bits per heavy atom. The molecule has 1 aliphatic rings. The molecule has 0 saturated heterocycles. The highest BCUT2D eigenvalue weighted by Crippen LogP contribution is 2.28. The number of imidazole rings is 1. The van der Waals surface area contributed by atoms with Gasteiger partial charge in [0, 0.05) is 31.5 Å². The van der Waals surface area contributed by atoms with E-state index in [0.29, 0.717) is 12.5 Å². The van der Waals surface area contributed by atoms with Crippen molar-refractivity contribution in [3.63, 3.8) is 0 Å². The zero-order valence-electron chi connectivity index (χ0n) is 13.9. The maximum atomic E-state index is 10.4. The number of aliphatic hydroxyl groups is 1. The summed E-state index contributed by atoms with van der Waals surface area (Å²) in [6.07, 6.45) is 10.3. The van der Waals surface area contributed by atoms with E-state index in [2.05, 4.69) is 31.0 Å². The van der Waals surface area contributed by atoms with Crippen LogP contribution in [0.5, 0.6) is 0 Å². The molecule has 2 heterocycles. The normalized spacial score (nSPS) is 23.2. The van der Waals surface area contributed by atoms with Gasteiger partial charge in [-0.2, -0.15) is 5.10 Å². The van der Waals surface area contributed by atoms with Gasteiger partial charge in [-0.3, -0.25) is 0 Å². The maximum Gasteiger partial charge on any atom is 0.138 e. The monoisotopic (exact) mass is 338 g/mol. The first kappa shape index (κ1) is 16.0. The van der Waals surface area contributed by atoms with E-state index in [0.717, 1.165) is 30.6 Å². The lowest BCUT2D eigenvalue weighted by atomic mass is 10.1. The summed E-state index contributed by atoms with van der Waals surface area (Å²) in [6.45, 7) is 1.60. The van der Waals surface area contributed by atoms with Crippen LogP contribution in [0.15, 0.2) is 55.6 Å². The quantitative estimate of drug-likeness (QED) is 0.710. The van der Waals surface area contributed by atoms with Crippen LogP contribution < -0.4 is 5.32 Å². The second-order valence-electron chi connectivity index (χ2n) is 6.62. The third-order valence-corrected chi connectivity index (χ3v) is 4.87. The van der Waals surface area contributed by atoms with Gasteiger partial charge in [0.2, 0.25) is 0 Å². The summed E-state index contributed by atoms with van der Waals surface area (Å²) in [5.41, 5.74) is 2.15. The molecular weight excluding hydrogens is 316 g/mol. The van der Waals surface area contributed by atoms with Crippen molar-refractivity contribution in [2.75, 3.05) is 0 Å². The van der Waals surface area contributed by atoms with Crippen LogP contribution in [0, 0.1) is 5.92 Å². The average Bonchev–Trinajstić information content (AvgIpc) is 3.36. The van der Waals surface area contributed by atoms with Gasteiger partial charge in [-0.05, 0) is 30.4 Å². The number of hydrogen-bond acceptors (Lipinski definition) is 5. The zero-order valence-corrected chi connectivity index (χ0v) is 13.9. The maximum absolute atomic E-state index is 10.4. The highest BCUT2D eigenvalue weighted by molar-refractivity contribution is 5.39. The van der Waals surface area contributed by atoms with Gasteiger partial charge in [-0.15, -0.1) is 0 Å². The molecule has 4 rings (SSSR count). The Balaban J connectivity index is 1.39. The van der Waals surface area contributed by atoms with Crippen molar-refractivity contribution < 1.29 is 5.11 Å². The second-order valence-corrected chi connectivity index (χ2v) is 6.62. The highest BCUT2D eigenvalue weighted by Gasteiger charge is 2.32. The minimum Gasteiger partial charge on any atom is -0.391 e. The molecule has 0 amide bonds. The Morgan fingerprint density at radius 1 is 1.16 bits per heavy atom. The zero-order chi connectivity index (χ0) is 17.1. The van der Waals surface area contributed by atoms with E-state index in [1.54, 1.807) is 17.2 Å². The molecule has 1 aromatic carbocycles. The van der Waals surface area contributed by atoms with E-state index in [1.807, 2.05) is 30.7 Å². The third kappa shape index (κ3) is 3.62. The molecule has 2 aromatic heterocycles. The van der Waals surface area contributed by atoms with E-state index in [-0.39, 0.29) is 12.1 Å². The van der Waals surface area contributed by atoms with Crippen molar-refractivity contribution in [1.29, 1.82) is 0 Å². The van der Waals surface area contributed by atoms with E-state index in [4.69, 9.17) is 0 Å². The van der Waals surface area contributed by atoms with E-state index in [1.165, 1.54) is 6.33 Å². The molecule has 25 heavy (non-hydrogen) atoms. The smallest absolute Gasteiger partial charge is 0.138 e. The fourth-order valence-electron chi connectivity index (χ4n) is 3.64. The summed E-state index contributed by atoms with van der Waals surface area (Å²) in [7, 11) is 0. The van der Waals surface area contributed by atoms with Crippen molar-refractivity contribution in [3.8, 4) is 5.69 Å². The number of nitrogens with one attached hydrogen (secondary N) is 1. The molecule has 7 heteroatoms. The average molecular weight is 338 g/mol. The molecule has 7 nitrogen and oxygen atoms in total. The molecule has 0 spiro atoms. The molecule has 0 bridgehead atoms. The summed E-state index contributed by atoms with van der Waals surface area (Å²) >= 11 is 0. The van der Waals surface area contributed by atoms with Crippen molar-refractivity contribution >= 4 is 0 Å². The molecule has 3 atom stereocenters. The van der Waals surface area contributed by atoms with E-state index >= 15 is 0 Å². The van der Waals surface area contributed by atoms with Crippen LogP contribution in [0.25, 0.3) is 5.69 Å². The minimum atomic E-state index is -0.313. The van der Waals surface area contributed by atoms with Crippen LogP contribution in [-0.2, 0) is 13.1 Å². The van der Waals surface area contributed by atoms with Crippen molar-refractivity contribution in [3.05, 3.63) is 61.2 Å². The molecule has 3 aromatic rings. The molecule has 1 saturated carbocycles. The fourth-order valence-corrected chi connectivity index (χ4v) is 3.64. The van der Waals surface area contributed by atoms with E-state index in [9.17, 15) is 5.11 Å². The number of benzene rings is 1. The molecule has 1 aliphatic carbocycles. The number of aliphatic hydroxyl groups excluding tert-OH is 1. The lowest BCUT2D eigenvalue weighted by Gasteiger charge is -2.18. The van der Waals surface area contributed by atoms with Crippen molar-refractivity contribution in [1.82, 2.24) is 29.6 Å². The Hall–Kier alpha value is -2.51. The molecule has 0 aliphatic heterocycles. The van der Waals surface area contributed by atoms with Crippen LogP contribution in [0.3, 0.4) is 0 Å². The molecule has 130 valence electrons. The number of para-hydroxylation sites is 1. The molecular formula is C18H22N6O. The molecule has 1 unspecified atom stereocenters. The summed E-state index contributed by atoms with van der Waals surface area (Å²) in [6, 6.07) is 8.22. The minimum absolute atomic E-state index is 0.109. The predicted molar refractivity (Wildman–Crippen MR) is 92.9 cm³/mol. The Labute approximate surface area is 146 Å². The van der Waals surface area contributed by atoms with Gasteiger partial charge in [-0.25, -0.2) is 14.6 Å². The van der Waals surface area contributed by atoms with Crippen LogP contribution >= 0.6 is 0 Å². The Morgan fingerprint density at radius 3 is 2.88 bits per heavy atom. The first-order valence-corrected chi connectivity index (χ1v) is 8.59. The summed E-state index contributed by atoms with van der Waals surface area (Å²) in [4.78, 5) is 8.10. The Bertz CT molecular complexity index is 786. The van der Waals surface area contributed by atoms with Gasteiger partial charge >= 0.3 is 0 Å². The number of hydrogen-bond donors (Lipinski definition) is 2. The lowest BCUT2D eigenvalue weighted by Crippen LogP contribution is -2.35. The molecule has 2 N–H and O–H groups in total. The largest absolute Gasteiger partial charge is 0.391 e. The third-order valence-electron chi connectivity index (χ3n) is 4.87. The molecule has 1 fully saturated rings. The van der Waals surface area contributed by atoms with E-state index < -0.39 is 0 Å². The second kappa shape index (κ2) is 7.16. The van der Waals surface area contributed by atoms with Gasteiger partial charge in [0.05, 0.1) is 18.1 Å². The Kier molecular flexibility index (Phi) is 4.58. The highest BCUT2D eigenvalue weighted by atomic mass is 16.3. The van der Waals surface area contributed by atoms with Crippen LogP contribution in [0.2, 0.25) is 0 Å². The number of aromatic nitrogens is 5. The van der Waals surface area contributed by atoms with Crippen LogP contribution in [0.1, 0.15) is 18.4 Å². The van der Waals surface area contributed by atoms with Gasteiger partial charge in [0.25, 0.3) is 0 Å². The van der Waals surface area contributed by atoms with Crippen molar-refractivity contribution in [2.45, 2.75) is 38.1 Å². The van der Waals surface area contributed by atoms with Gasteiger partial charge < -0.3 is 15.0 Å². The summed E-state index contributed by atoms with van der Waals surface area (Å²) in [5.74, 6) is 0.465.